The summed E-state index contributed by atoms with van der Waals surface area (Å²) in [5.74, 6) is -0.609. The fourth-order valence-electron chi connectivity index (χ4n) is 1.05. The molecule has 92 valence electrons. The normalized spacial score (nSPS) is 9.82. The van der Waals surface area contributed by atoms with Gasteiger partial charge in [0.2, 0.25) is 0 Å². The Kier molecular flexibility index (Phi) is 4.97. The lowest BCUT2D eigenvalue weighted by Gasteiger charge is -2.10. The number of esters is 2. The van der Waals surface area contributed by atoms with Crippen molar-refractivity contribution >= 4 is 23.5 Å². The summed E-state index contributed by atoms with van der Waals surface area (Å²) >= 11 is 5.89. The van der Waals surface area contributed by atoms with Crippen LogP contribution in [0.25, 0.3) is 0 Å². The molecule has 0 aliphatic carbocycles. The molecule has 0 aliphatic rings. The molecule has 0 aliphatic heterocycles. The number of hydrogen-bond donors (Lipinski definition) is 0. The van der Waals surface area contributed by atoms with E-state index in [1.165, 1.54) is 6.07 Å². The molecular weight excluding hydrogens is 244 g/mol. The Bertz CT molecular complexity index is 429. The zero-order chi connectivity index (χ0) is 12.8. The average Bonchev–Trinajstić information content (AvgIpc) is 2.33. The second-order valence-electron chi connectivity index (χ2n) is 3.22. The lowest BCUT2D eigenvalue weighted by molar-refractivity contribution is -0.136. The van der Waals surface area contributed by atoms with E-state index in [1.54, 1.807) is 26.0 Å². The third-order valence-electron chi connectivity index (χ3n) is 1.95. The van der Waals surface area contributed by atoms with Crippen LogP contribution in [0.5, 0.6) is 11.5 Å². The Labute approximate surface area is 104 Å². The summed E-state index contributed by atoms with van der Waals surface area (Å²) in [5, 5.41) is 0.230. The Balaban J connectivity index is 2.99. The van der Waals surface area contributed by atoms with Crippen LogP contribution in [0, 0.1) is 0 Å². The maximum absolute atomic E-state index is 11.2. The number of rotatable bonds is 4. The SMILES string of the molecule is CCC(=O)Oc1cccc(Cl)c1OC(=O)CC. The molecule has 0 amide bonds. The molecule has 0 bridgehead atoms. The second-order valence-corrected chi connectivity index (χ2v) is 3.63. The smallest absolute Gasteiger partial charge is 0.311 e. The highest BCUT2D eigenvalue weighted by Gasteiger charge is 2.15. The molecule has 0 radical (unpaired) electrons. The van der Waals surface area contributed by atoms with E-state index >= 15 is 0 Å². The van der Waals surface area contributed by atoms with E-state index in [1.807, 2.05) is 0 Å². The molecule has 1 rings (SSSR count). The predicted octanol–water partition coefficient (Wildman–Crippen LogP) is 2.97. The van der Waals surface area contributed by atoms with E-state index in [0.29, 0.717) is 0 Å². The third-order valence-corrected chi connectivity index (χ3v) is 2.25. The first-order chi connectivity index (χ1) is 8.08. The standard InChI is InChI=1S/C12H13ClO4/c1-3-10(14)16-9-7-5-6-8(13)12(9)17-11(15)4-2/h5-7H,3-4H2,1-2H3. The molecule has 0 spiro atoms. The number of hydrogen-bond acceptors (Lipinski definition) is 4. The Hall–Kier alpha value is -1.55. The Morgan fingerprint density at radius 1 is 1.12 bits per heavy atom. The van der Waals surface area contributed by atoms with Crippen molar-refractivity contribution in [3.8, 4) is 11.5 Å². The van der Waals surface area contributed by atoms with Crippen LogP contribution in [0.15, 0.2) is 18.2 Å². The summed E-state index contributed by atoms with van der Waals surface area (Å²) in [6.45, 7) is 3.33. The van der Waals surface area contributed by atoms with E-state index in [2.05, 4.69) is 0 Å². The average molecular weight is 257 g/mol. The van der Waals surface area contributed by atoms with Crippen molar-refractivity contribution in [2.24, 2.45) is 0 Å². The van der Waals surface area contributed by atoms with E-state index in [-0.39, 0.29) is 29.4 Å². The van der Waals surface area contributed by atoms with Gasteiger partial charge in [-0.05, 0) is 12.1 Å². The number of carbonyl (C=O) groups is 2. The van der Waals surface area contributed by atoms with Crippen LogP contribution in [0.1, 0.15) is 26.7 Å². The maximum atomic E-state index is 11.2. The first-order valence-electron chi connectivity index (χ1n) is 5.28. The van der Waals surface area contributed by atoms with Gasteiger partial charge in [0.15, 0.2) is 11.5 Å². The van der Waals surface area contributed by atoms with Gasteiger partial charge in [-0.1, -0.05) is 31.5 Å². The fraction of sp³-hybridized carbons (Fsp3) is 0.333. The van der Waals surface area contributed by atoms with Gasteiger partial charge in [0, 0.05) is 12.8 Å². The lowest BCUT2D eigenvalue weighted by Crippen LogP contribution is -2.10. The molecule has 17 heavy (non-hydrogen) atoms. The number of para-hydroxylation sites is 1. The highest BCUT2D eigenvalue weighted by atomic mass is 35.5. The molecular formula is C12H13ClO4. The molecule has 1 aromatic carbocycles. The first kappa shape index (κ1) is 13.5. The minimum atomic E-state index is -0.438. The zero-order valence-electron chi connectivity index (χ0n) is 9.66. The van der Waals surface area contributed by atoms with Gasteiger partial charge in [-0.15, -0.1) is 0 Å². The summed E-state index contributed by atoms with van der Waals surface area (Å²) < 4.78 is 10.0. The van der Waals surface area contributed by atoms with Gasteiger partial charge in [0.25, 0.3) is 0 Å². The quantitative estimate of drug-likeness (QED) is 0.614. The van der Waals surface area contributed by atoms with E-state index in [0.717, 1.165) is 0 Å². The minimum absolute atomic E-state index is 0.0859. The molecule has 0 heterocycles. The van der Waals surface area contributed by atoms with Crippen LogP contribution in [0.2, 0.25) is 5.02 Å². The molecule has 5 heteroatoms. The third kappa shape index (κ3) is 3.75. The molecule has 1 aromatic rings. The lowest BCUT2D eigenvalue weighted by atomic mass is 10.3. The first-order valence-corrected chi connectivity index (χ1v) is 5.66. The van der Waals surface area contributed by atoms with Crippen molar-refractivity contribution in [1.29, 1.82) is 0 Å². The van der Waals surface area contributed by atoms with Gasteiger partial charge in [-0.3, -0.25) is 9.59 Å². The van der Waals surface area contributed by atoms with E-state index < -0.39 is 11.9 Å². The van der Waals surface area contributed by atoms with Crippen LogP contribution >= 0.6 is 11.6 Å². The summed E-state index contributed by atoms with van der Waals surface area (Å²) in [5.41, 5.74) is 0. The van der Waals surface area contributed by atoms with Crippen LogP contribution in [-0.2, 0) is 9.59 Å². The molecule has 0 saturated heterocycles. The molecule has 0 unspecified atom stereocenters. The minimum Gasteiger partial charge on any atom is -0.422 e. The van der Waals surface area contributed by atoms with E-state index in [9.17, 15) is 9.59 Å². The Morgan fingerprint density at radius 2 is 1.71 bits per heavy atom. The Morgan fingerprint density at radius 3 is 2.29 bits per heavy atom. The van der Waals surface area contributed by atoms with Gasteiger partial charge in [0.05, 0.1) is 5.02 Å². The molecule has 0 aromatic heterocycles. The monoisotopic (exact) mass is 256 g/mol. The van der Waals surface area contributed by atoms with Crippen molar-refractivity contribution in [3.05, 3.63) is 23.2 Å². The van der Waals surface area contributed by atoms with Gasteiger partial charge < -0.3 is 9.47 Å². The highest BCUT2D eigenvalue weighted by molar-refractivity contribution is 6.32. The summed E-state index contributed by atoms with van der Waals surface area (Å²) in [6, 6.07) is 4.70. The second kappa shape index (κ2) is 6.25. The van der Waals surface area contributed by atoms with Gasteiger partial charge >= 0.3 is 11.9 Å². The van der Waals surface area contributed by atoms with Crippen LogP contribution in [0.4, 0.5) is 0 Å². The topological polar surface area (TPSA) is 52.6 Å². The van der Waals surface area contributed by atoms with Gasteiger partial charge in [-0.25, -0.2) is 0 Å². The molecule has 0 atom stereocenters. The maximum Gasteiger partial charge on any atom is 0.311 e. The fourth-order valence-corrected chi connectivity index (χ4v) is 1.25. The van der Waals surface area contributed by atoms with Crippen molar-refractivity contribution < 1.29 is 19.1 Å². The number of ether oxygens (including phenoxy) is 2. The zero-order valence-corrected chi connectivity index (χ0v) is 10.4. The molecule has 0 fully saturated rings. The summed E-state index contributed by atoms with van der Waals surface area (Å²) in [6.07, 6.45) is 0.445. The molecule has 0 N–H and O–H groups in total. The largest absolute Gasteiger partial charge is 0.422 e. The van der Waals surface area contributed by atoms with Gasteiger partial charge in [0.1, 0.15) is 0 Å². The van der Waals surface area contributed by atoms with Crippen molar-refractivity contribution in [3.63, 3.8) is 0 Å². The van der Waals surface area contributed by atoms with Crippen LogP contribution in [-0.4, -0.2) is 11.9 Å². The van der Waals surface area contributed by atoms with Gasteiger partial charge in [-0.2, -0.15) is 0 Å². The molecule has 4 nitrogen and oxygen atoms in total. The highest BCUT2D eigenvalue weighted by Crippen LogP contribution is 2.35. The summed E-state index contributed by atoms with van der Waals surface area (Å²) in [4.78, 5) is 22.4. The van der Waals surface area contributed by atoms with Crippen molar-refractivity contribution in [1.82, 2.24) is 0 Å². The van der Waals surface area contributed by atoms with Crippen molar-refractivity contribution in [2.45, 2.75) is 26.7 Å². The van der Waals surface area contributed by atoms with Crippen LogP contribution in [0.3, 0.4) is 0 Å². The number of carbonyl (C=O) groups excluding carboxylic acids is 2. The van der Waals surface area contributed by atoms with E-state index in [4.69, 9.17) is 21.1 Å². The number of benzene rings is 1. The predicted molar refractivity (Wildman–Crippen MR) is 63.3 cm³/mol. The number of halogens is 1. The van der Waals surface area contributed by atoms with Crippen LogP contribution < -0.4 is 9.47 Å². The summed E-state index contributed by atoms with van der Waals surface area (Å²) in [7, 11) is 0. The molecule has 0 saturated carbocycles. The van der Waals surface area contributed by atoms with Crippen molar-refractivity contribution in [2.75, 3.05) is 0 Å².